The fraction of sp³-hybridized carbons (Fsp3) is 0.296. The molecule has 33 heavy (non-hydrogen) atoms. The van der Waals surface area contributed by atoms with Gasteiger partial charge in [-0.2, -0.15) is 0 Å². The average Bonchev–Trinajstić information content (AvgIpc) is 2.83. The second-order valence-electron chi connectivity index (χ2n) is 8.59. The Morgan fingerprint density at radius 1 is 0.939 bits per heavy atom. The highest BCUT2D eigenvalue weighted by molar-refractivity contribution is 5.77. The molecule has 4 nitrogen and oxygen atoms in total. The lowest BCUT2D eigenvalue weighted by Gasteiger charge is -2.45. The summed E-state index contributed by atoms with van der Waals surface area (Å²) in [5.74, 6) is -0.590. The normalized spacial score (nSPS) is 19.3. The van der Waals surface area contributed by atoms with Crippen molar-refractivity contribution in [3.05, 3.63) is 95.6 Å². The van der Waals surface area contributed by atoms with E-state index >= 15 is 0 Å². The molecule has 1 saturated heterocycles. The van der Waals surface area contributed by atoms with Crippen LogP contribution in [0.3, 0.4) is 0 Å². The van der Waals surface area contributed by atoms with Gasteiger partial charge in [-0.3, -0.25) is 0 Å². The van der Waals surface area contributed by atoms with E-state index in [0.717, 1.165) is 22.3 Å². The Balaban J connectivity index is 1.50. The van der Waals surface area contributed by atoms with Crippen molar-refractivity contribution in [1.82, 2.24) is 10.2 Å². The Morgan fingerprint density at radius 2 is 1.48 bits per heavy atom. The summed E-state index contributed by atoms with van der Waals surface area (Å²) >= 11 is 0. The molecular weight excluding hydrogens is 422 g/mol. The summed E-state index contributed by atoms with van der Waals surface area (Å²) in [6.45, 7) is 2.56. The molecule has 172 valence electrons. The summed E-state index contributed by atoms with van der Waals surface area (Å²) in [7, 11) is 0. The minimum absolute atomic E-state index is 0.0271. The van der Waals surface area contributed by atoms with E-state index in [1.165, 1.54) is 24.3 Å². The van der Waals surface area contributed by atoms with Gasteiger partial charge in [-0.25, -0.2) is 13.6 Å². The zero-order valence-electron chi connectivity index (χ0n) is 18.6. The predicted molar refractivity (Wildman–Crippen MR) is 125 cm³/mol. The minimum Gasteiger partial charge on any atom is -0.396 e. The first kappa shape index (κ1) is 22.9. The minimum atomic E-state index is -0.629. The summed E-state index contributed by atoms with van der Waals surface area (Å²) < 4.78 is 26.7. The van der Waals surface area contributed by atoms with Gasteiger partial charge in [-0.15, -0.1) is 0 Å². The molecule has 0 spiro atoms. The lowest BCUT2D eigenvalue weighted by atomic mass is 9.81. The molecule has 1 aliphatic heterocycles. The van der Waals surface area contributed by atoms with Crippen molar-refractivity contribution >= 4 is 6.03 Å². The highest BCUT2D eigenvalue weighted by Crippen LogP contribution is 2.36. The predicted octanol–water partition coefficient (Wildman–Crippen LogP) is 5.78. The molecule has 0 saturated carbocycles. The van der Waals surface area contributed by atoms with Gasteiger partial charge in [0.15, 0.2) is 0 Å². The fourth-order valence-corrected chi connectivity index (χ4v) is 4.60. The van der Waals surface area contributed by atoms with Gasteiger partial charge in [0.25, 0.3) is 0 Å². The van der Waals surface area contributed by atoms with Gasteiger partial charge >= 0.3 is 6.03 Å². The zero-order chi connectivity index (χ0) is 23.4. The Labute approximate surface area is 192 Å². The quantitative estimate of drug-likeness (QED) is 0.480. The Kier molecular flexibility index (Phi) is 6.75. The van der Waals surface area contributed by atoms with Crippen molar-refractivity contribution in [3.8, 4) is 11.1 Å². The first-order valence-electron chi connectivity index (χ1n) is 11.2. The van der Waals surface area contributed by atoms with Crippen LogP contribution in [0.4, 0.5) is 13.6 Å². The lowest BCUT2D eigenvalue weighted by molar-refractivity contribution is 0.117. The summed E-state index contributed by atoms with van der Waals surface area (Å²) in [6, 6.07) is 20.2. The highest BCUT2D eigenvalue weighted by atomic mass is 19.1. The maximum atomic E-state index is 13.5. The van der Waals surface area contributed by atoms with E-state index in [1.54, 1.807) is 29.2 Å². The van der Waals surface area contributed by atoms with E-state index in [1.807, 2.05) is 31.2 Å². The Morgan fingerprint density at radius 3 is 2.03 bits per heavy atom. The number of aliphatic hydroxyl groups is 1. The average molecular weight is 451 g/mol. The number of nitrogens with one attached hydrogen (secondary N) is 1. The number of aliphatic hydroxyl groups excluding tert-OH is 1. The number of carbonyl (C=O) groups excluding carboxylic acids is 1. The van der Waals surface area contributed by atoms with Gasteiger partial charge in [0, 0.05) is 13.2 Å². The molecule has 6 heteroatoms. The molecular formula is C27H28F2N2O2. The Bertz CT molecular complexity index is 1080. The van der Waals surface area contributed by atoms with Crippen molar-refractivity contribution in [1.29, 1.82) is 0 Å². The molecule has 2 amide bonds. The van der Waals surface area contributed by atoms with E-state index < -0.39 is 5.54 Å². The molecule has 0 aliphatic carbocycles. The molecule has 3 aromatic rings. The van der Waals surface area contributed by atoms with Crippen LogP contribution in [-0.4, -0.2) is 29.2 Å². The molecule has 1 aliphatic rings. The number of amides is 2. The molecule has 0 bridgehead atoms. The van der Waals surface area contributed by atoms with Gasteiger partial charge < -0.3 is 15.3 Å². The largest absolute Gasteiger partial charge is 0.396 e. The topological polar surface area (TPSA) is 52.6 Å². The fourth-order valence-electron chi connectivity index (χ4n) is 4.60. The van der Waals surface area contributed by atoms with Gasteiger partial charge in [0.05, 0.1) is 11.6 Å². The van der Waals surface area contributed by atoms with E-state index in [-0.39, 0.29) is 30.3 Å². The maximum absolute atomic E-state index is 13.5. The summed E-state index contributed by atoms with van der Waals surface area (Å²) in [6.07, 6.45) is 1.77. The number of hydrogen-bond donors (Lipinski definition) is 2. The summed E-state index contributed by atoms with van der Waals surface area (Å²) in [5.41, 5.74) is 3.13. The van der Waals surface area contributed by atoms with Crippen LogP contribution in [0, 0.1) is 11.6 Å². The van der Waals surface area contributed by atoms with Crippen LogP contribution in [0.5, 0.6) is 0 Å². The molecule has 1 fully saturated rings. The number of hydrogen-bond acceptors (Lipinski definition) is 2. The van der Waals surface area contributed by atoms with Crippen LogP contribution in [-0.2, 0) is 5.54 Å². The smallest absolute Gasteiger partial charge is 0.318 e. The van der Waals surface area contributed by atoms with Crippen LogP contribution < -0.4 is 5.32 Å². The molecule has 2 atom stereocenters. The number of halogens is 2. The lowest BCUT2D eigenvalue weighted by Crippen LogP contribution is -2.58. The van der Waals surface area contributed by atoms with Gasteiger partial charge in [-0.1, -0.05) is 48.5 Å². The SMILES string of the molecule is C[C@@H](c1ccc(-c2ccc(F)cc2)cc1)N1CC[C@](CCCO)(c2ccc(F)cc2)NC1=O. The van der Waals surface area contributed by atoms with Crippen LogP contribution in [0.25, 0.3) is 11.1 Å². The van der Waals surface area contributed by atoms with Crippen molar-refractivity contribution in [2.75, 3.05) is 13.2 Å². The van der Waals surface area contributed by atoms with Crippen molar-refractivity contribution in [3.63, 3.8) is 0 Å². The third kappa shape index (κ3) is 4.91. The van der Waals surface area contributed by atoms with Crippen molar-refractivity contribution in [2.24, 2.45) is 0 Å². The molecule has 0 unspecified atom stereocenters. The first-order chi connectivity index (χ1) is 15.9. The van der Waals surface area contributed by atoms with E-state index in [9.17, 15) is 18.7 Å². The maximum Gasteiger partial charge on any atom is 0.318 e. The molecule has 4 rings (SSSR count). The van der Waals surface area contributed by atoms with Crippen molar-refractivity contribution in [2.45, 2.75) is 37.8 Å². The highest BCUT2D eigenvalue weighted by Gasteiger charge is 2.40. The summed E-state index contributed by atoms with van der Waals surface area (Å²) in [5, 5.41) is 12.5. The number of urea groups is 1. The second kappa shape index (κ2) is 9.71. The molecule has 3 aromatic carbocycles. The summed E-state index contributed by atoms with van der Waals surface area (Å²) in [4.78, 5) is 15.0. The number of carbonyl (C=O) groups is 1. The monoisotopic (exact) mass is 450 g/mol. The van der Waals surface area contributed by atoms with Gasteiger partial charge in [-0.05, 0) is 72.7 Å². The van der Waals surface area contributed by atoms with Crippen LogP contribution >= 0.6 is 0 Å². The van der Waals surface area contributed by atoms with E-state index in [0.29, 0.717) is 25.8 Å². The van der Waals surface area contributed by atoms with Gasteiger partial charge in [0.1, 0.15) is 11.6 Å². The van der Waals surface area contributed by atoms with Crippen LogP contribution in [0.2, 0.25) is 0 Å². The van der Waals surface area contributed by atoms with Crippen LogP contribution in [0.1, 0.15) is 43.4 Å². The molecule has 2 N–H and O–H groups in total. The number of nitrogens with zero attached hydrogens (tertiary/aromatic N) is 1. The van der Waals surface area contributed by atoms with E-state index in [4.69, 9.17) is 0 Å². The number of rotatable bonds is 7. The second-order valence-corrected chi connectivity index (χ2v) is 8.59. The third-order valence-corrected chi connectivity index (χ3v) is 6.58. The number of benzene rings is 3. The zero-order valence-corrected chi connectivity index (χ0v) is 18.6. The standard InChI is InChI=1S/C27H28F2N2O2/c1-19(20-3-5-21(6-4-20)22-7-11-24(28)12-8-22)31-17-16-27(15-2-18-32,30-26(31)33)23-9-13-25(29)14-10-23/h3-14,19,32H,2,15-18H2,1H3,(H,30,33)/t19-,27+/m0/s1. The van der Waals surface area contributed by atoms with E-state index in [2.05, 4.69) is 5.32 Å². The van der Waals surface area contributed by atoms with Crippen molar-refractivity contribution < 1.29 is 18.7 Å². The third-order valence-electron chi connectivity index (χ3n) is 6.58. The molecule has 0 radical (unpaired) electrons. The first-order valence-corrected chi connectivity index (χ1v) is 11.2. The van der Waals surface area contributed by atoms with Gasteiger partial charge in [0.2, 0.25) is 0 Å². The van der Waals surface area contributed by atoms with Crippen LogP contribution in [0.15, 0.2) is 72.8 Å². The molecule has 1 heterocycles. The Hall–Kier alpha value is -3.25. The molecule has 0 aromatic heterocycles.